The van der Waals surface area contributed by atoms with Gasteiger partial charge in [-0.15, -0.1) is 0 Å². The van der Waals surface area contributed by atoms with Crippen LogP contribution in [0.1, 0.15) is 31.7 Å². The molecule has 1 aromatic rings. The van der Waals surface area contributed by atoms with E-state index in [2.05, 4.69) is 12.2 Å². The molecule has 17 heavy (non-hydrogen) atoms. The molecule has 94 valence electrons. The van der Waals surface area contributed by atoms with Crippen molar-refractivity contribution in [3.8, 4) is 0 Å². The fourth-order valence-corrected chi connectivity index (χ4v) is 2.86. The van der Waals surface area contributed by atoms with E-state index >= 15 is 0 Å². The highest BCUT2D eigenvalue weighted by atomic mass is 35.5. The summed E-state index contributed by atoms with van der Waals surface area (Å²) < 4.78 is 0. The standard InChI is InChI=1S/C13H16Cl3N/c1-13(5-2-6-13)8-17-7-9-10(14)3-4-11(15)12(9)16/h3-4,17H,2,5-8H2,1H3. The Morgan fingerprint density at radius 3 is 2.41 bits per heavy atom. The second-order valence-electron chi connectivity index (χ2n) is 5.09. The van der Waals surface area contributed by atoms with Crippen molar-refractivity contribution in [2.24, 2.45) is 5.41 Å². The summed E-state index contributed by atoms with van der Waals surface area (Å²) >= 11 is 18.2. The van der Waals surface area contributed by atoms with Crippen LogP contribution in [0.2, 0.25) is 15.1 Å². The molecule has 1 N–H and O–H groups in total. The maximum Gasteiger partial charge on any atom is 0.0652 e. The third-order valence-corrected chi connectivity index (χ3v) is 4.75. The Bertz CT molecular complexity index is 413. The van der Waals surface area contributed by atoms with Crippen LogP contribution in [0.4, 0.5) is 0 Å². The monoisotopic (exact) mass is 291 g/mol. The van der Waals surface area contributed by atoms with Crippen molar-refractivity contribution >= 4 is 34.8 Å². The lowest BCUT2D eigenvalue weighted by atomic mass is 9.70. The van der Waals surface area contributed by atoms with E-state index in [4.69, 9.17) is 34.8 Å². The third-order valence-electron chi connectivity index (χ3n) is 3.55. The highest BCUT2D eigenvalue weighted by Crippen LogP contribution is 2.39. The minimum absolute atomic E-state index is 0.456. The first-order chi connectivity index (χ1) is 8.02. The molecule has 0 heterocycles. The van der Waals surface area contributed by atoms with Crippen LogP contribution in [0.25, 0.3) is 0 Å². The molecule has 0 saturated heterocycles. The molecule has 0 radical (unpaired) electrons. The minimum atomic E-state index is 0.456. The van der Waals surface area contributed by atoms with Crippen LogP contribution in [0, 0.1) is 5.41 Å². The van der Waals surface area contributed by atoms with Crippen LogP contribution in [0.5, 0.6) is 0 Å². The summed E-state index contributed by atoms with van der Waals surface area (Å²) in [5, 5.41) is 5.22. The van der Waals surface area contributed by atoms with E-state index in [1.807, 2.05) is 0 Å². The third kappa shape index (κ3) is 3.08. The Kier molecular flexibility index (Phi) is 4.25. The summed E-state index contributed by atoms with van der Waals surface area (Å²) in [6.07, 6.45) is 3.95. The first-order valence-corrected chi connectivity index (χ1v) is 6.98. The van der Waals surface area contributed by atoms with Gasteiger partial charge in [0.1, 0.15) is 0 Å². The number of benzene rings is 1. The van der Waals surface area contributed by atoms with Gasteiger partial charge in [-0.3, -0.25) is 0 Å². The van der Waals surface area contributed by atoms with Crippen LogP contribution < -0.4 is 5.32 Å². The lowest BCUT2D eigenvalue weighted by Crippen LogP contribution is -2.37. The largest absolute Gasteiger partial charge is 0.312 e. The molecule has 0 aromatic heterocycles. The van der Waals surface area contributed by atoms with Gasteiger partial charge in [-0.25, -0.2) is 0 Å². The normalized spacial score (nSPS) is 17.9. The summed E-state index contributed by atoms with van der Waals surface area (Å²) in [4.78, 5) is 0. The molecule has 0 aliphatic heterocycles. The molecule has 0 bridgehead atoms. The van der Waals surface area contributed by atoms with Crippen molar-refractivity contribution < 1.29 is 0 Å². The lowest BCUT2D eigenvalue weighted by molar-refractivity contribution is 0.156. The van der Waals surface area contributed by atoms with Gasteiger partial charge < -0.3 is 5.32 Å². The molecular weight excluding hydrogens is 277 g/mol. The molecule has 1 aromatic carbocycles. The van der Waals surface area contributed by atoms with E-state index < -0.39 is 0 Å². The van der Waals surface area contributed by atoms with Crippen molar-refractivity contribution in [3.05, 3.63) is 32.8 Å². The van der Waals surface area contributed by atoms with Gasteiger partial charge in [0.25, 0.3) is 0 Å². The SMILES string of the molecule is CC1(CNCc2c(Cl)ccc(Cl)c2Cl)CCC1. The van der Waals surface area contributed by atoms with Crippen LogP contribution in [0.15, 0.2) is 12.1 Å². The van der Waals surface area contributed by atoms with Gasteiger partial charge in [0.05, 0.1) is 10.0 Å². The second-order valence-corrected chi connectivity index (χ2v) is 6.28. The van der Waals surface area contributed by atoms with Gasteiger partial charge >= 0.3 is 0 Å². The molecule has 1 saturated carbocycles. The Morgan fingerprint density at radius 2 is 1.82 bits per heavy atom. The Balaban J connectivity index is 1.96. The average Bonchev–Trinajstić information content (AvgIpc) is 2.26. The summed E-state index contributed by atoms with van der Waals surface area (Å²) in [5.41, 5.74) is 1.35. The molecule has 0 unspecified atom stereocenters. The zero-order chi connectivity index (χ0) is 12.5. The number of nitrogens with one attached hydrogen (secondary N) is 1. The molecule has 1 aliphatic rings. The topological polar surface area (TPSA) is 12.0 Å². The molecule has 4 heteroatoms. The van der Waals surface area contributed by atoms with Crippen LogP contribution >= 0.6 is 34.8 Å². The van der Waals surface area contributed by atoms with Gasteiger partial charge in [-0.1, -0.05) is 48.1 Å². The Morgan fingerprint density at radius 1 is 1.18 bits per heavy atom. The van der Waals surface area contributed by atoms with Gasteiger partial charge in [-0.2, -0.15) is 0 Å². The van der Waals surface area contributed by atoms with Gasteiger partial charge in [0.2, 0.25) is 0 Å². The fourth-order valence-electron chi connectivity index (χ4n) is 2.18. The zero-order valence-electron chi connectivity index (χ0n) is 9.82. The number of rotatable bonds is 4. The predicted octanol–water partition coefficient (Wildman–Crippen LogP) is 4.93. The maximum absolute atomic E-state index is 6.14. The van der Waals surface area contributed by atoms with Crippen molar-refractivity contribution in [2.75, 3.05) is 6.54 Å². The molecule has 1 fully saturated rings. The lowest BCUT2D eigenvalue weighted by Gasteiger charge is -2.38. The molecule has 1 nitrogen and oxygen atoms in total. The van der Waals surface area contributed by atoms with Gasteiger partial charge in [0, 0.05) is 23.7 Å². The highest BCUT2D eigenvalue weighted by Gasteiger charge is 2.31. The van der Waals surface area contributed by atoms with E-state index in [0.717, 1.165) is 12.1 Å². The molecule has 0 amide bonds. The average molecular weight is 293 g/mol. The Labute approximate surface area is 117 Å². The minimum Gasteiger partial charge on any atom is -0.312 e. The summed E-state index contributed by atoms with van der Waals surface area (Å²) in [6.45, 7) is 3.99. The number of halogens is 3. The molecular formula is C13H16Cl3N. The fraction of sp³-hybridized carbons (Fsp3) is 0.538. The molecule has 0 spiro atoms. The van der Waals surface area contributed by atoms with Crippen molar-refractivity contribution in [1.82, 2.24) is 5.32 Å². The van der Waals surface area contributed by atoms with Gasteiger partial charge in [-0.05, 0) is 30.4 Å². The smallest absolute Gasteiger partial charge is 0.0652 e. The van der Waals surface area contributed by atoms with E-state index in [1.54, 1.807) is 12.1 Å². The number of hydrogen-bond acceptors (Lipinski definition) is 1. The van der Waals surface area contributed by atoms with Crippen molar-refractivity contribution in [2.45, 2.75) is 32.7 Å². The summed E-state index contributed by atoms with van der Waals surface area (Å²) in [5.74, 6) is 0. The van der Waals surface area contributed by atoms with E-state index in [0.29, 0.717) is 27.0 Å². The first-order valence-electron chi connectivity index (χ1n) is 5.85. The molecule has 2 rings (SSSR count). The van der Waals surface area contributed by atoms with Crippen molar-refractivity contribution in [1.29, 1.82) is 0 Å². The van der Waals surface area contributed by atoms with Crippen molar-refractivity contribution in [3.63, 3.8) is 0 Å². The van der Waals surface area contributed by atoms with Crippen LogP contribution in [-0.2, 0) is 6.54 Å². The quantitative estimate of drug-likeness (QED) is 0.776. The van der Waals surface area contributed by atoms with Crippen LogP contribution in [-0.4, -0.2) is 6.54 Å². The first kappa shape index (κ1) is 13.5. The van der Waals surface area contributed by atoms with Gasteiger partial charge in [0.15, 0.2) is 0 Å². The maximum atomic E-state index is 6.14. The molecule has 1 aliphatic carbocycles. The highest BCUT2D eigenvalue weighted by molar-refractivity contribution is 6.44. The Hall–Kier alpha value is 0.0500. The predicted molar refractivity (Wildman–Crippen MR) is 75.1 cm³/mol. The number of hydrogen-bond donors (Lipinski definition) is 1. The summed E-state index contributed by atoms with van der Waals surface area (Å²) in [6, 6.07) is 3.51. The van der Waals surface area contributed by atoms with E-state index in [-0.39, 0.29) is 0 Å². The van der Waals surface area contributed by atoms with E-state index in [1.165, 1.54) is 19.3 Å². The second kappa shape index (κ2) is 5.36. The van der Waals surface area contributed by atoms with E-state index in [9.17, 15) is 0 Å². The van der Waals surface area contributed by atoms with Crippen LogP contribution in [0.3, 0.4) is 0 Å². The summed E-state index contributed by atoms with van der Waals surface area (Å²) in [7, 11) is 0. The zero-order valence-corrected chi connectivity index (χ0v) is 12.1. The molecule has 0 atom stereocenters.